The molecule has 0 amide bonds. The Morgan fingerprint density at radius 3 is 2.60 bits per heavy atom. The van der Waals surface area contributed by atoms with Crippen molar-refractivity contribution < 1.29 is 0 Å². The molecule has 0 aliphatic rings. The van der Waals surface area contributed by atoms with E-state index < -0.39 is 0 Å². The highest BCUT2D eigenvalue weighted by molar-refractivity contribution is 9.10. The maximum Gasteiger partial charge on any atom is 0.0470 e. The molecule has 20 heavy (non-hydrogen) atoms. The number of aromatic amines is 1. The molecule has 0 bridgehead atoms. The van der Waals surface area contributed by atoms with Crippen molar-refractivity contribution in [2.45, 2.75) is 12.8 Å². The Labute approximate surface area is 127 Å². The first kappa shape index (κ1) is 13.4. The van der Waals surface area contributed by atoms with E-state index in [-0.39, 0.29) is 5.92 Å². The molecule has 0 fully saturated rings. The minimum Gasteiger partial charge on any atom is -0.358 e. The van der Waals surface area contributed by atoms with Crippen molar-refractivity contribution in [1.82, 2.24) is 4.98 Å². The van der Waals surface area contributed by atoms with Gasteiger partial charge in [0.2, 0.25) is 0 Å². The van der Waals surface area contributed by atoms with Crippen LogP contribution in [0.4, 0.5) is 0 Å². The molecule has 2 nitrogen and oxygen atoms in total. The lowest BCUT2D eigenvalue weighted by Crippen LogP contribution is -2.15. The molecular weight excluding hydrogens is 312 g/mol. The van der Waals surface area contributed by atoms with Gasteiger partial charge in [-0.1, -0.05) is 52.3 Å². The van der Waals surface area contributed by atoms with Crippen molar-refractivity contribution in [2.24, 2.45) is 5.73 Å². The van der Waals surface area contributed by atoms with Crippen molar-refractivity contribution >= 4 is 26.8 Å². The van der Waals surface area contributed by atoms with Crippen molar-refractivity contribution in [1.29, 1.82) is 0 Å². The third kappa shape index (κ3) is 2.28. The van der Waals surface area contributed by atoms with Gasteiger partial charge in [-0.3, -0.25) is 0 Å². The summed E-state index contributed by atoms with van der Waals surface area (Å²) in [4.78, 5) is 3.54. The summed E-state index contributed by atoms with van der Waals surface area (Å²) >= 11 is 3.52. The SMILES string of the molecule is Cc1c(C(CN)c2ccccc2)[nH]c2cc(Br)ccc12. The molecule has 3 heteroatoms. The van der Waals surface area contributed by atoms with Gasteiger partial charge in [-0.05, 0) is 30.2 Å². The third-order valence-electron chi connectivity index (χ3n) is 3.85. The minimum absolute atomic E-state index is 0.211. The summed E-state index contributed by atoms with van der Waals surface area (Å²) in [7, 11) is 0. The topological polar surface area (TPSA) is 41.8 Å². The molecule has 3 N–H and O–H groups in total. The van der Waals surface area contributed by atoms with E-state index in [1.54, 1.807) is 0 Å². The van der Waals surface area contributed by atoms with Gasteiger partial charge in [0.15, 0.2) is 0 Å². The molecule has 0 spiro atoms. The molecular formula is C17H17BrN2. The fourth-order valence-corrected chi connectivity index (χ4v) is 3.15. The molecule has 3 aromatic rings. The quantitative estimate of drug-likeness (QED) is 0.738. The highest BCUT2D eigenvalue weighted by Gasteiger charge is 2.18. The number of aromatic nitrogens is 1. The van der Waals surface area contributed by atoms with Gasteiger partial charge in [0.25, 0.3) is 0 Å². The summed E-state index contributed by atoms with van der Waals surface area (Å²) in [5, 5.41) is 1.26. The third-order valence-corrected chi connectivity index (χ3v) is 4.34. The number of rotatable bonds is 3. The summed E-state index contributed by atoms with van der Waals surface area (Å²) in [6, 6.07) is 16.8. The zero-order valence-electron chi connectivity index (χ0n) is 11.4. The van der Waals surface area contributed by atoms with Crippen LogP contribution in [0.15, 0.2) is 53.0 Å². The summed E-state index contributed by atoms with van der Waals surface area (Å²) < 4.78 is 1.09. The smallest absolute Gasteiger partial charge is 0.0470 e. The fraction of sp³-hybridized carbons (Fsp3) is 0.176. The number of hydrogen-bond donors (Lipinski definition) is 2. The molecule has 1 atom stereocenters. The first-order valence-electron chi connectivity index (χ1n) is 6.73. The molecule has 0 saturated carbocycles. The second-order valence-corrected chi connectivity index (χ2v) is 5.97. The Hall–Kier alpha value is -1.58. The number of fused-ring (bicyclic) bond motifs is 1. The van der Waals surface area contributed by atoms with Gasteiger partial charge in [-0.15, -0.1) is 0 Å². The molecule has 1 heterocycles. The van der Waals surface area contributed by atoms with Gasteiger partial charge >= 0.3 is 0 Å². The van der Waals surface area contributed by atoms with Crippen LogP contribution in [0.1, 0.15) is 22.7 Å². The monoisotopic (exact) mass is 328 g/mol. The molecule has 1 aromatic heterocycles. The molecule has 0 radical (unpaired) electrons. The van der Waals surface area contributed by atoms with E-state index in [4.69, 9.17) is 5.73 Å². The Bertz CT molecular complexity index is 731. The summed E-state index contributed by atoms with van der Waals surface area (Å²) in [5.41, 5.74) is 10.9. The Balaban J connectivity index is 2.15. The fourth-order valence-electron chi connectivity index (χ4n) is 2.79. The Morgan fingerprint density at radius 2 is 1.90 bits per heavy atom. The van der Waals surface area contributed by atoms with Gasteiger partial charge in [0.1, 0.15) is 0 Å². The molecule has 0 saturated heterocycles. The number of nitrogens with one attached hydrogen (secondary N) is 1. The Morgan fingerprint density at radius 1 is 1.15 bits per heavy atom. The zero-order chi connectivity index (χ0) is 14.1. The highest BCUT2D eigenvalue weighted by Crippen LogP contribution is 2.31. The number of H-pyrrole nitrogens is 1. The molecule has 0 aliphatic heterocycles. The number of nitrogens with two attached hydrogens (primary N) is 1. The second kappa shape index (κ2) is 5.43. The average Bonchev–Trinajstić information content (AvgIpc) is 2.78. The van der Waals surface area contributed by atoms with Crippen LogP contribution >= 0.6 is 15.9 Å². The summed E-state index contributed by atoms with van der Waals surface area (Å²) in [6.07, 6.45) is 0. The number of benzene rings is 2. The van der Waals surface area contributed by atoms with Crippen molar-refractivity contribution in [3.05, 3.63) is 69.8 Å². The molecule has 3 rings (SSSR count). The van der Waals surface area contributed by atoms with Gasteiger partial charge in [0, 0.05) is 33.5 Å². The van der Waals surface area contributed by atoms with Crippen LogP contribution in [0, 0.1) is 6.92 Å². The lowest BCUT2D eigenvalue weighted by Gasteiger charge is -2.15. The molecule has 1 unspecified atom stereocenters. The van der Waals surface area contributed by atoms with E-state index in [9.17, 15) is 0 Å². The number of aryl methyl sites for hydroxylation is 1. The molecule has 0 aliphatic carbocycles. The van der Waals surface area contributed by atoms with Gasteiger partial charge < -0.3 is 10.7 Å². The molecule has 2 aromatic carbocycles. The van der Waals surface area contributed by atoms with E-state index >= 15 is 0 Å². The van der Waals surface area contributed by atoms with Crippen LogP contribution < -0.4 is 5.73 Å². The Kier molecular flexibility index (Phi) is 3.64. The van der Waals surface area contributed by atoms with Crippen LogP contribution in [0.5, 0.6) is 0 Å². The van der Waals surface area contributed by atoms with E-state index in [0.29, 0.717) is 6.54 Å². The van der Waals surface area contributed by atoms with Crippen molar-refractivity contribution in [3.63, 3.8) is 0 Å². The standard InChI is InChI=1S/C17H17BrN2/c1-11-14-8-7-13(18)9-16(14)20-17(11)15(10-19)12-5-3-2-4-6-12/h2-9,15,20H,10,19H2,1H3. The normalized spacial score (nSPS) is 12.8. The van der Waals surface area contributed by atoms with Gasteiger partial charge in [-0.2, -0.15) is 0 Å². The van der Waals surface area contributed by atoms with Crippen LogP contribution in [-0.2, 0) is 0 Å². The van der Waals surface area contributed by atoms with Gasteiger partial charge in [-0.25, -0.2) is 0 Å². The largest absolute Gasteiger partial charge is 0.358 e. The predicted molar refractivity (Wildman–Crippen MR) is 88.1 cm³/mol. The predicted octanol–water partition coefficient (Wildman–Crippen LogP) is 4.33. The molecule has 102 valence electrons. The first-order valence-corrected chi connectivity index (χ1v) is 7.52. The maximum atomic E-state index is 6.03. The summed E-state index contributed by atoms with van der Waals surface area (Å²) in [5.74, 6) is 0.211. The average molecular weight is 329 g/mol. The number of halogens is 1. The van der Waals surface area contributed by atoms with E-state index in [2.05, 4.69) is 70.3 Å². The zero-order valence-corrected chi connectivity index (χ0v) is 12.9. The van der Waals surface area contributed by atoms with E-state index in [1.165, 1.54) is 22.2 Å². The maximum absolute atomic E-state index is 6.03. The van der Waals surface area contributed by atoms with Crippen LogP contribution in [0.2, 0.25) is 0 Å². The highest BCUT2D eigenvalue weighted by atomic mass is 79.9. The second-order valence-electron chi connectivity index (χ2n) is 5.05. The van der Waals surface area contributed by atoms with Crippen LogP contribution in [0.3, 0.4) is 0 Å². The van der Waals surface area contributed by atoms with Crippen LogP contribution in [-0.4, -0.2) is 11.5 Å². The van der Waals surface area contributed by atoms with Crippen molar-refractivity contribution in [3.8, 4) is 0 Å². The van der Waals surface area contributed by atoms with Gasteiger partial charge in [0.05, 0.1) is 0 Å². The van der Waals surface area contributed by atoms with Crippen LogP contribution in [0.25, 0.3) is 10.9 Å². The lowest BCUT2D eigenvalue weighted by atomic mass is 9.93. The van der Waals surface area contributed by atoms with Crippen molar-refractivity contribution in [2.75, 3.05) is 6.54 Å². The minimum atomic E-state index is 0.211. The van der Waals surface area contributed by atoms with E-state index in [1.807, 2.05) is 6.07 Å². The lowest BCUT2D eigenvalue weighted by molar-refractivity contribution is 0.791. The van der Waals surface area contributed by atoms with E-state index in [0.717, 1.165) is 9.99 Å². The number of hydrogen-bond acceptors (Lipinski definition) is 1. The summed E-state index contributed by atoms with van der Waals surface area (Å²) in [6.45, 7) is 2.76. The first-order chi connectivity index (χ1) is 9.70.